The highest BCUT2D eigenvalue weighted by molar-refractivity contribution is 5.95. The van der Waals surface area contributed by atoms with Crippen LogP contribution in [0.1, 0.15) is 26.2 Å². The molecule has 0 bridgehead atoms. The third-order valence-electron chi connectivity index (χ3n) is 3.68. The molecule has 1 aliphatic carbocycles. The van der Waals surface area contributed by atoms with Crippen molar-refractivity contribution in [3.8, 4) is 0 Å². The summed E-state index contributed by atoms with van der Waals surface area (Å²) in [4.78, 5) is 23.7. The standard InChI is InChI=1S/C18H28O6/c1-2-3-4-5-16-15(6-7-17(16)20)14-18(21)24-13-12-23-11-10-22-9-8-19/h3-4,6-7,15-16,19H,2,5,8-14H2,1H3/b4-3-/t15-,16+/m0/s1. The van der Waals surface area contributed by atoms with Crippen LogP contribution in [0.25, 0.3) is 0 Å². The maximum atomic E-state index is 11.9. The van der Waals surface area contributed by atoms with E-state index >= 15 is 0 Å². The van der Waals surface area contributed by atoms with Gasteiger partial charge in [-0.05, 0) is 24.8 Å². The molecule has 0 aromatic rings. The zero-order valence-corrected chi connectivity index (χ0v) is 14.3. The number of allylic oxidation sites excluding steroid dienone is 4. The summed E-state index contributed by atoms with van der Waals surface area (Å²) in [6.45, 7) is 3.60. The highest BCUT2D eigenvalue weighted by atomic mass is 16.6. The van der Waals surface area contributed by atoms with Crippen LogP contribution in [-0.2, 0) is 23.8 Å². The van der Waals surface area contributed by atoms with Gasteiger partial charge in [0.05, 0.1) is 39.5 Å². The molecular formula is C18H28O6. The Morgan fingerprint density at radius 3 is 2.58 bits per heavy atom. The second-order valence-electron chi connectivity index (χ2n) is 5.52. The van der Waals surface area contributed by atoms with E-state index in [0.717, 1.165) is 6.42 Å². The van der Waals surface area contributed by atoms with Crippen molar-refractivity contribution in [3.63, 3.8) is 0 Å². The second-order valence-corrected chi connectivity index (χ2v) is 5.52. The molecule has 0 fully saturated rings. The summed E-state index contributed by atoms with van der Waals surface area (Å²) < 4.78 is 15.4. The van der Waals surface area contributed by atoms with E-state index in [-0.39, 0.29) is 43.2 Å². The van der Waals surface area contributed by atoms with Crippen molar-refractivity contribution < 1.29 is 28.9 Å². The van der Waals surface area contributed by atoms with Crippen LogP contribution < -0.4 is 0 Å². The van der Waals surface area contributed by atoms with Crippen LogP contribution in [0.15, 0.2) is 24.3 Å². The van der Waals surface area contributed by atoms with E-state index in [4.69, 9.17) is 19.3 Å². The fourth-order valence-electron chi connectivity index (χ4n) is 2.45. The van der Waals surface area contributed by atoms with E-state index in [2.05, 4.69) is 0 Å². The first-order valence-electron chi connectivity index (χ1n) is 8.48. The molecule has 0 saturated heterocycles. The monoisotopic (exact) mass is 340 g/mol. The summed E-state index contributed by atoms with van der Waals surface area (Å²) in [5.41, 5.74) is 0. The number of ether oxygens (including phenoxy) is 3. The minimum absolute atomic E-state index is 0.00897. The molecule has 1 aliphatic rings. The first kappa shape index (κ1) is 20.5. The molecule has 0 radical (unpaired) electrons. The molecule has 0 spiro atoms. The van der Waals surface area contributed by atoms with Gasteiger partial charge >= 0.3 is 5.97 Å². The molecule has 24 heavy (non-hydrogen) atoms. The van der Waals surface area contributed by atoms with Gasteiger partial charge in [-0.15, -0.1) is 0 Å². The zero-order chi connectivity index (χ0) is 17.6. The quantitative estimate of drug-likeness (QED) is 0.312. The van der Waals surface area contributed by atoms with Gasteiger partial charge in [0, 0.05) is 5.92 Å². The normalized spacial score (nSPS) is 20.2. The van der Waals surface area contributed by atoms with Gasteiger partial charge < -0.3 is 19.3 Å². The molecule has 0 aromatic carbocycles. The van der Waals surface area contributed by atoms with Gasteiger partial charge in [0.2, 0.25) is 0 Å². The average Bonchev–Trinajstić information content (AvgIpc) is 2.90. The van der Waals surface area contributed by atoms with E-state index in [9.17, 15) is 9.59 Å². The first-order valence-corrected chi connectivity index (χ1v) is 8.48. The van der Waals surface area contributed by atoms with Gasteiger partial charge in [0.25, 0.3) is 0 Å². The molecule has 0 unspecified atom stereocenters. The van der Waals surface area contributed by atoms with Crippen molar-refractivity contribution in [1.29, 1.82) is 0 Å². The lowest BCUT2D eigenvalue weighted by molar-refractivity contribution is -0.146. The number of aliphatic hydroxyl groups is 1. The lowest BCUT2D eigenvalue weighted by Crippen LogP contribution is -2.20. The van der Waals surface area contributed by atoms with Crippen LogP contribution >= 0.6 is 0 Å². The van der Waals surface area contributed by atoms with Crippen LogP contribution in [0.2, 0.25) is 0 Å². The average molecular weight is 340 g/mol. The Morgan fingerprint density at radius 1 is 1.17 bits per heavy atom. The minimum Gasteiger partial charge on any atom is -0.463 e. The highest BCUT2D eigenvalue weighted by Gasteiger charge is 2.30. The maximum absolute atomic E-state index is 11.9. The molecule has 0 saturated carbocycles. The van der Waals surface area contributed by atoms with Crippen molar-refractivity contribution in [2.24, 2.45) is 11.8 Å². The van der Waals surface area contributed by atoms with Crippen molar-refractivity contribution in [3.05, 3.63) is 24.3 Å². The van der Waals surface area contributed by atoms with Crippen LogP contribution in [0.4, 0.5) is 0 Å². The Morgan fingerprint density at radius 2 is 1.88 bits per heavy atom. The maximum Gasteiger partial charge on any atom is 0.306 e. The summed E-state index contributed by atoms with van der Waals surface area (Å²) in [6, 6.07) is 0. The Hall–Kier alpha value is -1.50. The summed E-state index contributed by atoms with van der Waals surface area (Å²) in [5.74, 6) is -0.469. The predicted molar refractivity (Wildman–Crippen MR) is 89.5 cm³/mol. The molecule has 2 atom stereocenters. The third-order valence-corrected chi connectivity index (χ3v) is 3.68. The molecular weight excluding hydrogens is 312 g/mol. The Kier molecular flexibility index (Phi) is 11.0. The van der Waals surface area contributed by atoms with E-state index in [1.165, 1.54) is 0 Å². The van der Waals surface area contributed by atoms with Crippen molar-refractivity contribution in [2.75, 3.05) is 39.6 Å². The van der Waals surface area contributed by atoms with E-state index in [1.807, 2.05) is 25.2 Å². The van der Waals surface area contributed by atoms with Gasteiger partial charge in [-0.25, -0.2) is 0 Å². The molecule has 0 aromatic heterocycles. The number of rotatable bonds is 13. The van der Waals surface area contributed by atoms with Crippen molar-refractivity contribution >= 4 is 11.8 Å². The summed E-state index contributed by atoms with van der Waals surface area (Å²) >= 11 is 0. The molecule has 6 nitrogen and oxygen atoms in total. The van der Waals surface area contributed by atoms with Crippen LogP contribution in [0.5, 0.6) is 0 Å². The summed E-state index contributed by atoms with van der Waals surface area (Å²) in [5, 5.41) is 8.53. The third kappa shape index (κ3) is 8.38. The molecule has 0 amide bonds. The molecule has 1 N–H and O–H groups in total. The Labute approximate surface area is 143 Å². The van der Waals surface area contributed by atoms with Gasteiger partial charge in [-0.1, -0.05) is 25.2 Å². The fourth-order valence-corrected chi connectivity index (χ4v) is 2.45. The smallest absolute Gasteiger partial charge is 0.306 e. The summed E-state index contributed by atoms with van der Waals surface area (Å²) in [6.07, 6.45) is 9.22. The summed E-state index contributed by atoms with van der Waals surface area (Å²) in [7, 11) is 0. The van der Waals surface area contributed by atoms with Gasteiger partial charge in [0.15, 0.2) is 5.78 Å². The number of esters is 1. The Bertz CT molecular complexity index is 429. The van der Waals surface area contributed by atoms with Gasteiger partial charge in [0.1, 0.15) is 6.61 Å². The number of aliphatic hydroxyl groups excluding tert-OH is 1. The molecule has 1 rings (SSSR count). The van der Waals surface area contributed by atoms with Crippen LogP contribution in [-0.4, -0.2) is 56.5 Å². The minimum atomic E-state index is -0.316. The van der Waals surface area contributed by atoms with Crippen molar-refractivity contribution in [2.45, 2.75) is 26.2 Å². The number of carbonyl (C=O) groups excluding carboxylic acids is 2. The van der Waals surface area contributed by atoms with Crippen LogP contribution in [0.3, 0.4) is 0 Å². The first-order chi connectivity index (χ1) is 11.7. The zero-order valence-electron chi connectivity index (χ0n) is 14.3. The Balaban J connectivity index is 2.16. The van der Waals surface area contributed by atoms with E-state index in [1.54, 1.807) is 6.08 Å². The topological polar surface area (TPSA) is 82.1 Å². The molecule has 6 heteroatoms. The molecule has 0 aliphatic heterocycles. The highest BCUT2D eigenvalue weighted by Crippen LogP contribution is 2.29. The SMILES string of the molecule is CC/C=C\C[C@H]1C(=O)C=C[C@H]1CC(=O)OCCOCCOCCO. The fraction of sp³-hybridized carbons (Fsp3) is 0.667. The lowest BCUT2D eigenvalue weighted by Gasteiger charge is -2.16. The van der Waals surface area contributed by atoms with Crippen LogP contribution in [0, 0.1) is 11.8 Å². The second kappa shape index (κ2) is 12.9. The molecule has 136 valence electrons. The number of ketones is 1. The number of hydrogen-bond donors (Lipinski definition) is 1. The van der Waals surface area contributed by atoms with Gasteiger partial charge in [-0.3, -0.25) is 9.59 Å². The van der Waals surface area contributed by atoms with Gasteiger partial charge in [-0.2, -0.15) is 0 Å². The molecule has 0 heterocycles. The number of hydrogen-bond acceptors (Lipinski definition) is 6. The lowest BCUT2D eigenvalue weighted by atomic mass is 9.89. The largest absolute Gasteiger partial charge is 0.463 e. The van der Waals surface area contributed by atoms with E-state index in [0.29, 0.717) is 32.8 Å². The van der Waals surface area contributed by atoms with Crippen molar-refractivity contribution in [1.82, 2.24) is 0 Å². The predicted octanol–water partition coefficient (Wildman–Crippen LogP) is 1.67. The number of carbonyl (C=O) groups is 2. The van der Waals surface area contributed by atoms with E-state index < -0.39 is 0 Å².